The van der Waals surface area contributed by atoms with Crippen LogP contribution in [0.2, 0.25) is 0 Å². The Morgan fingerprint density at radius 3 is 2.37 bits per heavy atom. The zero-order chi connectivity index (χ0) is 30.4. The molecule has 0 N–H and O–H groups in total. The number of Topliss-reactive ketones (excluding diaryl/α,β-unsaturated/α-hetero) is 1. The number of rotatable bonds is 6. The summed E-state index contributed by atoms with van der Waals surface area (Å²) in [7, 11) is 0. The van der Waals surface area contributed by atoms with Crippen molar-refractivity contribution in [3.05, 3.63) is 94.0 Å². The fraction of sp³-hybridized carbons (Fsp3) is 0.286. The van der Waals surface area contributed by atoms with Gasteiger partial charge in [0.2, 0.25) is 17.6 Å². The summed E-state index contributed by atoms with van der Waals surface area (Å²) in [6.07, 6.45) is 1.46. The van der Waals surface area contributed by atoms with E-state index < -0.39 is 12.1 Å². The number of hydrogen-bond acceptors (Lipinski definition) is 6. The number of esters is 1. The van der Waals surface area contributed by atoms with Gasteiger partial charge in [0.15, 0.2) is 6.10 Å². The molecule has 6 rings (SSSR count). The van der Waals surface area contributed by atoms with E-state index in [4.69, 9.17) is 9.72 Å². The summed E-state index contributed by atoms with van der Waals surface area (Å²) in [5, 5.41) is 0.599. The van der Waals surface area contributed by atoms with Crippen molar-refractivity contribution in [2.24, 2.45) is 17.8 Å². The highest BCUT2D eigenvalue weighted by molar-refractivity contribution is 9.10. The molecular formula is C35H31BrN2O5. The van der Waals surface area contributed by atoms with E-state index in [1.807, 2.05) is 25.1 Å². The first-order valence-electron chi connectivity index (χ1n) is 14.5. The Hall–Kier alpha value is -4.17. The standard InChI is InChI=1S/C35H31BrN2O5/c1-19-9-14-26-28(15-19)34(41)38(33(26)40)25-12-10-22(11-13-25)30-18-29(27-17-24(36)16-20(2)31(27)37-30)35(42)43-21(3)32(39)23-7-5-4-6-8-23/h4-8,10-13,16-19,21,26,28H,9,14-15H2,1-3H3. The molecule has 4 unspecified atom stereocenters. The van der Waals surface area contributed by atoms with Crippen molar-refractivity contribution in [2.45, 2.75) is 46.1 Å². The molecule has 1 aliphatic heterocycles. The summed E-state index contributed by atoms with van der Waals surface area (Å²) in [5.41, 5.74) is 4.00. The second-order valence-electron chi connectivity index (χ2n) is 11.6. The first-order chi connectivity index (χ1) is 20.6. The molecule has 7 nitrogen and oxygen atoms in total. The van der Waals surface area contributed by atoms with Crippen LogP contribution < -0.4 is 4.90 Å². The number of aryl methyl sites for hydroxylation is 1. The Balaban J connectivity index is 1.33. The van der Waals surface area contributed by atoms with E-state index in [0.29, 0.717) is 39.3 Å². The van der Waals surface area contributed by atoms with Gasteiger partial charge in [-0.15, -0.1) is 0 Å². The molecule has 3 aromatic carbocycles. The van der Waals surface area contributed by atoms with Crippen LogP contribution in [0.1, 0.15) is 59.4 Å². The number of fused-ring (bicyclic) bond motifs is 2. The smallest absolute Gasteiger partial charge is 0.339 e. The maximum atomic E-state index is 13.6. The van der Waals surface area contributed by atoms with Crippen molar-refractivity contribution in [2.75, 3.05) is 4.90 Å². The molecule has 2 aliphatic rings. The summed E-state index contributed by atoms with van der Waals surface area (Å²) < 4.78 is 6.47. The molecule has 43 heavy (non-hydrogen) atoms. The predicted molar refractivity (Wildman–Crippen MR) is 168 cm³/mol. The minimum atomic E-state index is -0.990. The normalized spacial score (nSPS) is 20.7. The first-order valence-corrected chi connectivity index (χ1v) is 15.3. The number of carbonyl (C=O) groups is 4. The average molecular weight is 640 g/mol. The van der Waals surface area contributed by atoms with E-state index >= 15 is 0 Å². The maximum absolute atomic E-state index is 13.6. The quantitative estimate of drug-likeness (QED) is 0.125. The lowest BCUT2D eigenvalue weighted by Gasteiger charge is -2.25. The molecule has 0 radical (unpaired) electrons. The summed E-state index contributed by atoms with van der Waals surface area (Å²) in [5.74, 6) is -1.22. The maximum Gasteiger partial charge on any atom is 0.339 e. The van der Waals surface area contributed by atoms with Gasteiger partial charge < -0.3 is 4.74 Å². The lowest BCUT2D eigenvalue weighted by molar-refractivity contribution is -0.122. The zero-order valence-electron chi connectivity index (χ0n) is 24.2. The van der Waals surface area contributed by atoms with E-state index in [1.165, 1.54) is 4.90 Å². The van der Waals surface area contributed by atoms with Crippen LogP contribution in [-0.2, 0) is 14.3 Å². The van der Waals surface area contributed by atoms with Gasteiger partial charge in [0.05, 0.1) is 34.3 Å². The van der Waals surface area contributed by atoms with E-state index in [2.05, 4.69) is 22.9 Å². The second kappa shape index (κ2) is 11.5. The van der Waals surface area contributed by atoms with E-state index in [1.54, 1.807) is 61.5 Å². The molecule has 1 saturated carbocycles. The van der Waals surface area contributed by atoms with Crippen LogP contribution in [0.25, 0.3) is 22.2 Å². The third-order valence-electron chi connectivity index (χ3n) is 8.61. The minimum Gasteiger partial charge on any atom is -0.451 e. The third-order valence-corrected chi connectivity index (χ3v) is 9.07. The van der Waals surface area contributed by atoms with Crippen molar-refractivity contribution in [3.8, 4) is 11.3 Å². The van der Waals surface area contributed by atoms with Crippen LogP contribution in [0.4, 0.5) is 5.69 Å². The van der Waals surface area contributed by atoms with Crippen molar-refractivity contribution in [1.29, 1.82) is 0 Å². The number of aromatic nitrogens is 1. The predicted octanol–water partition coefficient (Wildman–Crippen LogP) is 7.33. The molecule has 1 aliphatic carbocycles. The number of nitrogens with zero attached hydrogens (tertiary/aromatic N) is 2. The number of carbonyl (C=O) groups excluding carboxylic acids is 4. The molecule has 218 valence electrons. The van der Waals surface area contributed by atoms with Gasteiger partial charge in [-0.05, 0) is 74.9 Å². The molecule has 2 fully saturated rings. The molecule has 1 saturated heterocycles. The lowest BCUT2D eigenvalue weighted by atomic mass is 9.76. The van der Waals surface area contributed by atoms with Gasteiger partial charge in [0.25, 0.3) is 0 Å². The number of pyridine rings is 1. The number of amides is 2. The fourth-order valence-corrected chi connectivity index (χ4v) is 6.89. The van der Waals surface area contributed by atoms with Crippen LogP contribution in [0, 0.1) is 24.7 Å². The van der Waals surface area contributed by atoms with Gasteiger partial charge in [0.1, 0.15) is 0 Å². The van der Waals surface area contributed by atoms with Crippen LogP contribution >= 0.6 is 15.9 Å². The number of ketones is 1. The fourth-order valence-electron chi connectivity index (χ4n) is 6.31. The Kier molecular flexibility index (Phi) is 7.73. The van der Waals surface area contributed by atoms with E-state index in [0.717, 1.165) is 29.3 Å². The molecule has 1 aromatic heterocycles. The van der Waals surface area contributed by atoms with Gasteiger partial charge in [-0.25, -0.2) is 9.78 Å². The van der Waals surface area contributed by atoms with Crippen molar-refractivity contribution in [1.82, 2.24) is 4.98 Å². The molecule has 2 amide bonds. The first kappa shape index (κ1) is 28.9. The van der Waals surface area contributed by atoms with Crippen molar-refractivity contribution >= 4 is 56.1 Å². The van der Waals surface area contributed by atoms with E-state index in [-0.39, 0.29) is 35.0 Å². The van der Waals surface area contributed by atoms with Crippen molar-refractivity contribution in [3.63, 3.8) is 0 Å². The van der Waals surface area contributed by atoms with Gasteiger partial charge in [0, 0.05) is 21.0 Å². The highest BCUT2D eigenvalue weighted by Crippen LogP contribution is 2.42. The Morgan fingerprint density at radius 2 is 1.65 bits per heavy atom. The molecule has 0 bridgehead atoms. The second-order valence-corrected chi connectivity index (χ2v) is 12.6. The van der Waals surface area contributed by atoms with Crippen LogP contribution in [-0.4, -0.2) is 34.7 Å². The Morgan fingerprint density at radius 1 is 0.953 bits per heavy atom. The topological polar surface area (TPSA) is 93.6 Å². The zero-order valence-corrected chi connectivity index (χ0v) is 25.8. The average Bonchev–Trinajstić information content (AvgIpc) is 3.25. The molecule has 2 heterocycles. The third kappa shape index (κ3) is 5.40. The summed E-state index contributed by atoms with van der Waals surface area (Å²) in [6.45, 7) is 5.61. The highest BCUT2D eigenvalue weighted by atomic mass is 79.9. The molecular weight excluding hydrogens is 608 g/mol. The molecule has 4 aromatic rings. The minimum absolute atomic E-state index is 0.121. The van der Waals surface area contributed by atoms with Crippen LogP contribution in [0.3, 0.4) is 0 Å². The number of imide groups is 1. The number of hydrogen-bond donors (Lipinski definition) is 0. The number of halogens is 1. The van der Waals surface area contributed by atoms with Crippen molar-refractivity contribution < 1.29 is 23.9 Å². The summed E-state index contributed by atoms with van der Waals surface area (Å²) in [4.78, 5) is 59.1. The Bertz CT molecular complexity index is 1770. The van der Waals surface area contributed by atoms with Gasteiger partial charge in [-0.2, -0.15) is 0 Å². The number of ether oxygens (including phenoxy) is 1. The number of benzene rings is 3. The van der Waals surface area contributed by atoms with Crippen LogP contribution in [0.15, 0.2) is 77.3 Å². The van der Waals surface area contributed by atoms with E-state index in [9.17, 15) is 19.2 Å². The van der Waals surface area contributed by atoms with Gasteiger partial charge in [-0.1, -0.05) is 65.3 Å². The van der Waals surface area contributed by atoms with Crippen LogP contribution in [0.5, 0.6) is 0 Å². The Labute approximate surface area is 258 Å². The molecule has 8 heteroatoms. The van der Waals surface area contributed by atoms with Gasteiger partial charge in [-0.3, -0.25) is 19.3 Å². The highest BCUT2D eigenvalue weighted by Gasteiger charge is 2.49. The SMILES string of the molecule is Cc1cc(Br)cc2c(C(=O)OC(C)C(=O)c3ccccc3)cc(-c3ccc(N4C(=O)C5CCC(C)CC5C4=O)cc3)nc12. The number of anilines is 1. The molecule has 4 atom stereocenters. The largest absolute Gasteiger partial charge is 0.451 e. The lowest BCUT2D eigenvalue weighted by Crippen LogP contribution is -2.30. The monoisotopic (exact) mass is 638 g/mol. The summed E-state index contributed by atoms with van der Waals surface area (Å²) >= 11 is 3.52. The van der Waals surface area contributed by atoms with Gasteiger partial charge >= 0.3 is 5.97 Å². The summed E-state index contributed by atoms with van der Waals surface area (Å²) in [6, 6.07) is 21.2. The molecule has 0 spiro atoms.